The van der Waals surface area contributed by atoms with Crippen molar-refractivity contribution in [3.05, 3.63) is 63.9 Å². The van der Waals surface area contributed by atoms with E-state index in [1.807, 2.05) is 30.3 Å². The van der Waals surface area contributed by atoms with Crippen LogP contribution in [0, 0.1) is 0 Å². The van der Waals surface area contributed by atoms with E-state index >= 15 is 0 Å². The number of ether oxygens (including phenoxy) is 4. The number of fused-ring (bicyclic) bond motifs is 1. The molecule has 0 aromatic heterocycles. The van der Waals surface area contributed by atoms with Crippen LogP contribution in [0.1, 0.15) is 35.2 Å². The van der Waals surface area contributed by atoms with Crippen LogP contribution in [-0.4, -0.2) is 42.7 Å². The van der Waals surface area contributed by atoms with Crippen LogP contribution in [-0.2, 0) is 9.53 Å². The summed E-state index contributed by atoms with van der Waals surface area (Å²) in [7, 11) is 2.88. The third-order valence-corrected chi connectivity index (χ3v) is 7.33. The maximum atomic E-state index is 14.1. The van der Waals surface area contributed by atoms with Gasteiger partial charge in [0, 0.05) is 18.1 Å². The summed E-state index contributed by atoms with van der Waals surface area (Å²) in [6.45, 7) is 2.03. The molecule has 8 heteroatoms. The second-order valence-corrected chi connectivity index (χ2v) is 9.67. The first-order valence-electron chi connectivity index (χ1n) is 10.1. The Hall–Kier alpha value is -2.64. The minimum Gasteiger partial charge on any atom is -0.496 e. The first-order chi connectivity index (χ1) is 15.3. The van der Waals surface area contributed by atoms with E-state index in [4.69, 9.17) is 43.2 Å². The molecule has 0 unspecified atom stereocenters. The molecule has 1 aliphatic carbocycles. The van der Waals surface area contributed by atoms with Gasteiger partial charge in [0.2, 0.25) is 17.2 Å². The molecule has 0 bridgehead atoms. The lowest BCUT2D eigenvalue weighted by Gasteiger charge is -2.43. The highest BCUT2D eigenvalue weighted by Gasteiger charge is 2.69. The fourth-order valence-corrected chi connectivity index (χ4v) is 5.54. The van der Waals surface area contributed by atoms with Crippen molar-refractivity contribution in [3.63, 3.8) is 0 Å². The van der Waals surface area contributed by atoms with E-state index in [9.17, 15) is 9.59 Å². The Morgan fingerprint density at radius 2 is 1.78 bits per heavy atom. The maximum absolute atomic E-state index is 14.1. The van der Waals surface area contributed by atoms with Crippen LogP contribution in [0.5, 0.6) is 17.2 Å². The van der Waals surface area contributed by atoms with Gasteiger partial charge in [0.1, 0.15) is 27.8 Å². The Kier molecular flexibility index (Phi) is 4.76. The van der Waals surface area contributed by atoms with Gasteiger partial charge in [0.15, 0.2) is 5.75 Å². The first-order valence-corrected chi connectivity index (χ1v) is 11.0. The minimum atomic E-state index is -1.90. The Morgan fingerprint density at radius 3 is 2.44 bits per heavy atom. The molecule has 0 radical (unpaired) electrons. The quantitative estimate of drug-likeness (QED) is 0.527. The summed E-state index contributed by atoms with van der Waals surface area (Å²) in [5.41, 5.74) is -0.400. The molecule has 3 aliphatic rings. The van der Waals surface area contributed by atoms with E-state index in [2.05, 4.69) is 0 Å². The van der Waals surface area contributed by atoms with E-state index in [1.54, 1.807) is 6.92 Å². The van der Waals surface area contributed by atoms with Gasteiger partial charge in [-0.2, -0.15) is 12.6 Å². The summed E-state index contributed by atoms with van der Waals surface area (Å²) in [5, 5.41) is 0.104. The van der Waals surface area contributed by atoms with Gasteiger partial charge in [-0.15, -0.1) is 0 Å². The van der Waals surface area contributed by atoms with Crippen molar-refractivity contribution in [2.24, 2.45) is 0 Å². The molecular formula is C24H21ClO6S. The van der Waals surface area contributed by atoms with Gasteiger partial charge in [0.05, 0.1) is 31.5 Å². The molecule has 2 aromatic carbocycles. The fraction of sp³-hybridized carbons (Fsp3) is 0.333. The largest absolute Gasteiger partial charge is 0.496 e. The van der Waals surface area contributed by atoms with Crippen molar-refractivity contribution in [1.82, 2.24) is 0 Å². The molecular weight excluding hydrogens is 452 g/mol. The highest BCUT2D eigenvalue weighted by atomic mass is 35.5. The molecule has 2 aromatic rings. The number of hydrogen-bond acceptors (Lipinski definition) is 7. The third-order valence-electron chi connectivity index (χ3n) is 6.50. The van der Waals surface area contributed by atoms with Crippen molar-refractivity contribution >= 4 is 35.8 Å². The molecule has 32 heavy (non-hydrogen) atoms. The van der Waals surface area contributed by atoms with Gasteiger partial charge in [0.25, 0.3) is 0 Å². The lowest BCUT2D eigenvalue weighted by atomic mass is 9.68. The standard InChI is InChI=1S/C24H21ClO6S/c1-23(32)10-16-17(13(11-30-16)12-7-5-4-6-8-12)21(26)24(23)22(27)18-14(28-2)9-15(29-3)19(25)20(18)31-24/h4-9,13,32H,10-11H2,1-3H3/t13-,23-,24+/m1/s1. The van der Waals surface area contributed by atoms with E-state index in [0.29, 0.717) is 17.9 Å². The molecule has 0 amide bonds. The zero-order chi connectivity index (χ0) is 22.8. The zero-order valence-electron chi connectivity index (χ0n) is 17.7. The van der Waals surface area contributed by atoms with Crippen molar-refractivity contribution in [2.75, 3.05) is 20.8 Å². The molecule has 0 N–H and O–H groups in total. The maximum Gasteiger partial charge on any atom is 0.248 e. The Labute approximate surface area is 195 Å². The molecule has 0 fully saturated rings. The normalized spacial score (nSPS) is 28.3. The van der Waals surface area contributed by atoms with Crippen LogP contribution in [0.3, 0.4) is 0 Å². The smallest absolute Gasteiger partial charge is 0.248 e. The predicted molar refractivity (Wildman–Crippen MR) is 121 cm³/mol. The average Bonchev–Trinajstić information content (AvgIpc) is 3.34. The topological polar surface area (TPSA) is 71.1 Å². The number of thiol groups is 1. The summed E-state index contributed by atoms with van der Waals surface area (Å²) in [6, 6.07) is 11.1. The second kappa shape index (κ2) is 7.18. The summed E-state index contributed by atoms with van der Waals surface area (Å²) in [5.74, 6) is -0.158. The summed E-state index contributed by atoms with van der Waals surface area (Å²) < 4.78 is 21.7. The summed E-state index contributed by atoms with van der Waals surface area (Å²) >= 11 is 11.3. The van der Waals surface area contributed by atoms with Gasteiger partial charge in [-0.25, -0.2) is 0 Å². The number of benzene rings is 2. The molecule has 1 spiro atoms. The molecule has 166 valence electrons. The molecule has 0 saturated heterocycles. The van der Waals surface area contributed by atoms with Crippen LogP contribution < -0.4 is 14.2 Å². The van der Waals surface area contributed by atoms with Crippen LogP contribution in [0.25, 0.3) is 0 Å². The Morgan fingerprint density at radius 1 is 1.09 bits per heavy atom. The number of carbonyl (C=O) groups excluding carboxylic acids is 2. The fourth-order valence-electron chi connectivity index (χ4n) is 4.88. The van der Waals surface area contributed by atoms with Crippen LogP contribution in [0.15, 0.2) is 47.7 Å². The Bertz CT molecular complexity index is 1190. The number of carbonyl (C=O) groups is 2. The molecule has 5 rings (SSSR count). The van der Waals surface area contributed by atoms with Crippen LogP contribution >= 0.6 is 24.2 Å². The molecule has 6 nitrogen and oxygen atoms in total. The van der Waals surface area contributed by atoms with Gasteiger partial charge >= 0.3 is 0 Å². The van der Waals surface area contributed by atoms with E-state index < -0.39 is 21.9 Å². The van der Waals surface area contributed by atoms with E-state index in [0.717, 1.165) is 5.56 Å². The van der Waals surface area contributed by atoms with Gasteiger partial charge < -0.3 is 18.9 Å². The zero-order valence-corrected chi connectivity index (χ0v) is 19.4. The van der Waals surface area contributed by atoms with Gasteiger partial charge in [-0.3, -0.25) is 9.59 Å². The van der Waals surface area contributed by atoms with Crippen molar-refractivity contribution < 1.29 is 28.5 Å². The second-order valence-electron chi connectivity index (χ2n) is 8.30. The van der Waals surface area contributed by atoms with Crippen molar-refractivity contribution in [1.29, 1.82) is 0 Å². The van der Waals surface area contributed by atoms with Crippen molar-refractivity contribution in [3.8, 4) is 17.2 Å². The number of ketones is 2. The number of halogens is 1. The van der Waals surface area contributed by atoms with Crippen LogP contribution in [0.2, 0.25) is 5.02 Å². The molecule has 3 atom stereocenters. The van der Waals surface area contributed by atoms with E-state index in [1.165, 1.54) is 20.3 Å². The van der Waals surface area contributed by atoms with Gasteiger partial charge in [-0.05, 0) is 12.5 Å². The minimum absolute atomic E-state index is 0.0701. The SMILES string of the molecule is COc1cc(OC)c2c(c1Cl)O[C@@]1(C(=O)C3=C(C[C@@]1(C)S)OC[C@@H]3c1ccccc1)C2=O. The lowest BCUT2D eigenvalue weighted by molar-refractivity contribution is -0.129. The number of hydrogen-bond donors (Lipinski definition) is 1. The average molecular weight is 473 g/mol. The first kappa shape index (κ1) is 21.2. The molecule has 0 saturated carbocycles. The molecule has 2 aliphatic heterocycles. The molecule has 2 heterocycles. The monoisotopic (exact) mass is 472 g/mol. The van der Waals surface area contributed by atoms with Crippen LogP contribution in [0.4, 0.5) is 0 Å². The predicted octanol–water partition coefficient (Wildman–Crippen LogP) is 4.40. The van der Waals surface area contributed by atoms with Crippen molar-refractivity contribution in [2.45, 2.75) is 29.6 Å². The summed E-state index contributed by atoms with van der Waals surface area (Å²) in [6.07, 6.45) is 0.247. The number of Topliss-reactive ketones (excluding diaryl/α,β-unsaturated/α-hetero) is 2. The number of allylic oxidation sites excluding steroid dienone is 1. The van der Waals surface area contributed by atoms with Gasteiger partial charge in [-0.1, -0.05) is 41.9 Å². The lowest BCUT2D eigenvalue weighted by Crippen LogP contribution is -2.64. The van der Waals surface area contributed by atoms with E-state index in [-0.39, 0.29) is 40.2 Å². The highest BCUT2D eigenvalue weighted by molar-refractivity contribution is 7.82. The number of methoxy groups -OCH3 is 2. The Balaban J connectivity index is 1.69. The third kappa shape index (κ3) is 2.61. The highest BCUT2D eigenvalue weighted by Crippen LogP contribution is 2.58. The number of rotatable bonds is 3. The summed E-state index contributed by atoms with van der Waals surface area (Å²) in [4.78, 5) is 28.1.